The first-order chi connectivity index (χ1) is 10.5. The summed E-state index contributed by atoms with van der Waals surface area (Å²) in [6, 6.07) is 1.19. The third-order valence-electron chi connectivity index (χ3n) is 2.93. The van der Waals surface area contributed by atoms with Gasteiger partial charge in [0.25, 0.3) is 0 Å². The van der Waals surface area contributed by atoms with Crippen molar-refractivity contribution in [1.29, 1.82) is 0 Å². The lowest BCUT2D eigenvalue weighted by atomic mass is 10.0. The van der Waals surface area contributed by atoms with E-state index in [2.05, 4.69) is 9.64 Å². The predicted octanol–water partition coefficient (Wildman–Crippen LogP) is 1.27. The molecule has 0 saturated heterocycles. The third kappa shape index (κ3) is 4.29. The molecule has 0 atom stereocenters. The number of amides is 1. The van der Waals surface area contributed by atoms with Gasteiger partial charge in [0.1, 0.15) is 17.0 Å². The molecule has 1 aromatic rings. The van der Waals surface area contributed by atoms with Crippen LogP contribution in [0.15, 0.2) is 12.3 Å². The highest BCUT2D eigenvalue weighted by Gasteiger charge is 2.44. The number of ether oxygens (including phenoxy) is 1. The number of hydrogen-bond donors (Lipinski definition) is 2. The van der Waals surface area contributed by atoms with Crippen LogP contribution in [0.4, 0.5) is 13.6 Å². The lowest BCUT2D eigenvalue weighted by Crippen LogP contribution is -2.46. The van der Waals surface area contributed by atoms with Crippen molar-refractivity contribution < 1.29 is 33.0 Å². The summed E-state index contributed by atoms with van der Waals surface area (Å²) in [5.74, 6) is -3.44. The van der Waals surface area contributed by atoms with Crippen molar-refractivity contribution in [2.45, 2.75) is 38.8 Å². The number of hydrogen-bond acceptors (Lipinski definition) is 6. The zero-order chi connectivity index (χ0) is 17.4. The van der Waals surface area contributed by atoms with Crippen LogP contribution in [0.5, 0.6) is 5.75 Å². The van der Waals surface area contributed by atoms with E-state index in [1.165, 1.54) is 6.07 Å². The van der Waals surface area contributed by atoms with Gasteiger partial charge < -0.3 is 19.4 Å². The van der Waals surface area contributed by atoms with Crippen LogP contribution in [0.3, 0.4) is 0 Å². The van der Waals surface area contributed by atoms with Crippen LogP contribution >= 0.6 is 0 Å². The van der Waals surface area contributed by atoms with Crippen LogP contribution in [0.25, 0.3) is 0 Å². The van der Waals surface area contributed by atoms with Gasteiger partial charge in [0.2, 0.25) is 0 Å². The van der Waals surface area contributed by atoms with Crippen LogP contribution < -0.4 is 4.65 Å². The van der Waals surface area contributed by atoms with Crippen LogP contribution in [0.1, 0.15) is 32.0 Å². The Hall–Kier alpha value is -1.94. The van der Waals surface area contributed by atoms with Crippen LogP contribution in [0, 0.1) is 0 Å². The number of rotatable bonds is 2. The van der Waals surface area contributed by atoms with E-state index >= 15 is 0 Å². The molecule has 0 saturated carbocycles. The standard InChI is InChI=1S/C13H17BF2N2O5/c1-12(2,3)22-11(19)18-6-8-4-9(23-14(20)21)5-17-10(8)13(15,16)7-18/h4-5,20-21H,6-7H2,1-3H3. The summed E-state index contributed by atoms with van der Waals surface area (Å²) in [6.07, 6.45) is 0.103. The van der Waals surface area contributed by atoms with Gasteiger partial charge in [0.15, 0.2) is 0 Å². The Balaban J connectivity index is 2.27. The first-order valence-corrected chi connectivity index (χ1v) is 6.86. The Morgan fingerprint density at radius 2 is 2.09 bits per heavy atom. The molecule has 2 rings (SSSR count). The second-order valence-corrected chi connectivity index (χ2v) is 6.16. The monoisotopic (exact) mass is 330 g/mol. The molecule has 23 heavy (non-hydrogen) atoms. The zero-order valence-corrected chi connectivity index (χ0v) is 12.9. The summed E-state index contributed by atoms with van der Waals surface area (Å²) in [6.45, 7) is 3.92. The quantitative estimate of drug-likeness (QED) is 0.794. The van der Waals surface area contributed by atoms with Crippen molar-refractivity contribution in [3.8, 4) is 5.75 Å². The Morgan fingerprint density at radius 1 is 1.43 bits per heavy atom. The number of halogens is 2. The minimum Gasteiger partial charge on any atom is -0.511 e. The lowest BCUT2D eigenvalue weighted by Gasteiger charge is -2.34. The van der Waals surface area contributed by atoms with Crippen molar-refractivity contribution in [2.24, 2.45) is 0 Å². The SMILES string of the molecule is CC(C)(C)OC(=O)N1Cc2cc(OB(O)O)cnc2C(F)(F)C1. The number of carbonyl (C=O) groups is 1. The lowest BCUT2D eigenvalue weighted by molar-refractivity contribution is -0.0625. The maximum absolute atomic E-state index is 14.2. The van der Waals surface area contributed by atoms with Crippen LogP contribution in [-0.4, -0.2) is 45.5 Å². The van der Waals surface area contributed by atoms with Crippen LogP contribution in [-0.2, 0) is 17.2 Å². The molecule has 0 fully saturated rings. The number of carbonyl (C=O) groups excluding carboxylic acids is 1. The minimum atomic E-state index is -3.35. The normalized spacial score (nSPS) is 16.6. The van der Waals surface area contributed by atoms with Gasteiger partial charge in [-0.15, -0.1) is 0 Å². The number of nitrogens with zero attached hydrogens (tertiary/aromatic N) is 2. The molecule has 2 N–H and O–H groups in total. The van der Waals surface area contributed by atoms with Crippen molar-refractivity contribution in [3.05, 3.63) is 23.5 Å². The average molecular weight is 330 g/mol. The van der Waals surface area contributed by atoms with Gasteiger partial charge in [-0.05, 0) is 26.8 Å². The number of aromatic nitrogens is 1. The fraction of sp³-hybridized carbons (Fsp3) is 0.538. The Kier molecular flexibility index (Phi) is 4.49. The summed E-state index contributed by atoms with van der Waals surface area (Å²) in [5.41, 5.74) is -1.24. The number of alkyl halides is 2. The van der Waals surface area contributed by atoms with Gasteiger partial charge in [-0.25, -0.2) is 4.79 Å². The van der Waals surface area contributed by atoms with Crippen molar-refractivity contribution >= 4 is 13.4 Å². The molecule has 0 spiro atoms. The maximum atomic E-state index is 14.2. The van der Waals surface area contributed by atoms with E-state index in [4.69, 9.17) is 14.8 Å². The second-order valence-electron chi connectivity index (χ2n) is 6.16. The molecule has 126 valence electrons. The van der Waals surface area contributed by atoms with Gasteiger partial charge >= 0.3 is 19.3 Å². The van der Waals surface area contributed by atoms with Crippen molar-refractivity contribution in [2.75, 3.05) is 6.54 Å². The molecule has 0 aliphatic carbocycles. The van der Waals surface area contributed by atoms with E-state index in [9.17, 15) is 13.6 Å². The molecular weight excluding hydrogens is 313 g/mol. The summed E-state index contributed by atoms with van der Waals surface area (Å²) >= 11 is 0. The first kappa shape index (κ1) is 17.4. The average Bonchev–Trinajstić information content (AvgIpc) is 2.34. The molecule has 10 heteroatoms. The van der Waals surface area contributed by atoms with E-state index in [0.29, 0.717) is 0 Å². The topological polar surface area (TPSA) is 92.1 Å². The highest BCUT2D eigenvalue weighted by atomic mass is 19.3. The van der Waals surface area contributed by atoms with E-state index < -0.39 is 37.2 Å². The Morgan fingerprint density at radius 3 is 2.65 bits per heavy atom. The zero-order valence-electron chi connectivity index (χ0n) is 12.9. The molecule has 0 aromatic carbocycles. The fourth-order valence-electron chi connectivity index (χ4n) is 2.16. The van der Waals surface area contributed by atoms with Gasteiger partial charge in [0, 0.05) is 5.56 Å². The van der Waals surface area contributed by atoms with Crippen molar-refractivity contribution in [3.63, 3.8) is 0 Å². The summed E-state index contributed by atoms with van der Waals surface area (Å²) in [5, 5.41) is 17.5. The fourth-order valence-corrected chi connectivity index (χ4v) is 2.16. The molecule has 1 aromatic heterocycles. The molecular formula is C13H17BF2N2O5. The van der Waals surface area contributed by atoms with E-state index in [-0.39, 0.29) is 17.9 Å². The number of fused-ring (bicyclic) bond motifs is 1. The first-order valence-electron chi connectivity index (χ1n) is 6.86. The summed E-state index contributed by atoms with van der Waals surface area (Å²) in [7, 11) is -2.10. The van der Waals surface area contributed by atoms with Gasteiger partial charge in [-0.3, -0.25) is 9.88 Å². The molecule has 2 heterocycles. The van der Waals surface area contributed by atoms with E-state index in [1.54, 1.807) is 20.8 Å². The molecule has 0 unspecified atom stereocenters. The van der Waals surface area contributed by atoms with E-state index in [0.717, 1.165) is 11.1 Å². The second kappa shape index (κ2) is 5.93. The van der Waals surface area contributed by atoms with Gasteiger partial charge in [-0.1, -0.05) is 0 Å². The summed E-state index contributed by atoms with van der Waals surface area (Å²) < 4.78 is 38.1. The Labute approximate surface area is 132 Å². The highest BCUT2D eigenvalue weighted by Crippen LogP contribution is 2.37. The van der Waals surface area contributed by atoms with Crippen LogP contribution in [0.2, 0.25) is 0 Å². The molecule has 1 aliphatic heterocycles. The number of pyridine rings is 1. The van der Waals surface area contributed by atoms with Crippen molar-refractivity contribution in [1.82, 2.24) is 9.88 Å². The molecule has 1 aliphatic rings. The van der Waals surface area contributed by atoms with E-state index in [1.807, 2.05) is 0 Å². The maximum Gasteiger partial charge on any atom is 0.707 e. The Bertz CT molecular complexity index is 607. The predicted molar refractivity (Wildman–Crippen MR) is 75.6 cm³/mol. The van der Waals surface area contributed by atoms with Gasteiger partial charge in [-0.2, -0.15) is 8.78 Å². The highest BCUT2D eigenvalue weighted by molar-refractivity contribution is 6.33. The molecule has 7 nitrogen and oxygen atoms in total. The molecule has 0 radical (unpaired) electrons. The van der Waals surface area contributed by atoms with Gasteiger partial charge in [0.05, 0.1) is 19.3 Å². The third-order valence-corrected chi connectivity index (χ3v) is 2.93. The molecule has 0 bridgehead atoms. The largest absolute Gasteiger partial charge is 0.707 e. The summed E-state index contributed by atoms with van der Waals surface area (Å²) in [4.78, 5) is 16.5. The molecule has 1 amide bonds. The minimum absolute atomic E-state index is 0.0465. The smallest absolute Gasteiger partial charge is 0.511 e.